The van der Waals surface area contributed by atoms with Gasteiger partial charge >= 0.3 is 0 Å². The smallest absolute Gasteiger partial charge is 0.271 e. The zero-order chi connectivity index (χ0) is 26.0. The van der Waals surface area contributed by atoms with Crippen molar-refractivity contribution >= 4 is 29.5 Å². The van der Waals surface area contributed by atoms with Crippen LogP contribution >= 0.6 is 11.6 Å². The molecule has 0 bridgehead atoms. The molecule has 0 saturated carbocycles. The maximum atomic E-state index is 13.4. The molecule has 1 aromatic heterocycles. The Balaban J connectivity index is 1.93. The summed E-state index contributed by atoms with van der Waals surface area (Å²) < 4.78 is 7.28. The standard InChI is InChI=1S/C28H25ClN4O3/c1-5-36-25-12-11-19(14-24(25)29)26-20(16-32(31-26)21-9-7-6-8-10-21)13-22-18(4)23(15-30)28(35)33(17(2)3)27(22)34/h6-14,16-17H,5H2,1-4H3/b22-13+. The molecule has 4 rings (SSSR count). The van der Waals surface area contributed by atoms with E-state index in [9.17, 15) is 14.9 Å². The number of carbonyl (C=O) groups is 2. The number of amides is 2. The molecule has 7 nitrogen and oxygen atoms in total. The fourth-order valence-corrected chi connectivity index (χ4v) is 4.31. The second-order valence-electron chi connectivity index (χ2n) is 8.54. The summed E-state index contributed by atoms with van der Waals surface area (Å²) in [7, 11) is 0. The van der Waals surface area contributed by atoms with Crippen molar-refractivity contribution in [2.24, 2.45) is 0 Å². The van der Waals surface area contributed by atoms with Gasteiger partial charge in [-0.2, -0.15) is 10.4 Å². The minimum absolute atomic E-state index is 0.0457. The molecule has 0 unspecified atom stereocenters. The van der Waals surface area contributed by atoms with Gasteiger partial charge in [0.2, 0.25) is 0 Å². The maximum Gasteiger partial charge on any atom is 0.271 e. The zero-order valence-corrected chi connectivity index (χ0v) is 21.2. The lowest BCUT2D eigenvalue weighted by atomic mass is 9.92. The predicted octanol–water partition coefficient (Wildman–Crippen LogP) is 5.59. The van der Waals surface area contributed by atoms with Crippen LogP contribution in [-0.4, -0.2) is 39.1 Å². The van der Waals surface area contributed by atoms with Crippen LogP contribution in [0.3, 0.4) is 0 Å². The monoisotopic (exact) mass is 500 g/mol. The number of benzene rings is 2. The normalized spacial score (nSPS) is 15.1. The highest BCUT2D eigenvalue weighted by Crippen LogP contribution is 2.34. The molecule has 1 aliphatic heterocycles. The SMILES string of the molecule is CCOc1ccc(-c2nn(-c3ccccc3)cc2/C=C2/C(=O)N(C(C)C)C(=O)C(C#N)=C2C)cc1Cl. The molecule has 0 aliphatic carbocycles. The van der Waals surface area contributed by atoms with Crippen molar-refractivity contribution in [3.63, 3.8) is 0 Å². The van der Waals surface area contributed by atoms with Gasteiger partial charge in [-0.25, -0.2) is 4.68 Å². The van der Waals surface area contributed by atoms with Crippen LogP contribution in [0.2, 0.25) is 5.02 Å². The second kappa shape index (κ2) is 10.2. The van der Waals surface area contributed by atoms with E-state index < -0.39 is 17.9 Å². The van der Waals surface area contributed by atoms with Crippen LogP contribution in [0, 0.1) is 11.3 Å². The average Bonchev–Trinajstić information content (AvgIpc) is 3.28. The van der Waals surface area contributed by atoms with Crippen molar-refractivity contribution in [2.45, 2.75) is 33.7 Å². The summed E-state index contributed by atoms with van der Waals surface area (Å²) in [4.78, 5) is 27.3. The van der Waals surface area contributed by atoms with Crippen LogP contribution in [-0.2, 0) is 9.59 Å². The lowest BCUT2D eigenvalue weighted by molar-refractivity contribution is -0.142. The van der Waals surface area contributed by atoms with Gasteiger partial charge in [0, 0.05) is 28.9 Å². The van der Waals surface area contributed by atoms with Crippen molar-refractivity contribution in [1.29, 1.82) is 5.26 Å². The molecule has 8 heteroatoms. The molecule has 36 heavy (non-hydrogen) atoms. The number of imide groups is 1. The van der Waals surface area contributed by atoms with E-state index in [2.05, 4.69) is 0 Å². The third-order valence-corrected chi connectivity index (χ3v) is 6.15. The number of nitrogens with zero attached hydrogens (tertiary/aromatic N) is 4. The maximum absolute atomic E-state index is 13.4. The first-order valence-corrected chi connectivity index (χ1v) is 11.9. The van der Waals surface area contributed by atoms with Crippen LogP contribution in [0.4, 0.5) is 0 Å². The van der Waals surface area contributed by atoms with Gasteiger partial charge in [-0.1, -0.05) is 29.8 Å². The van der Waals surface area contributed by atoms with Gasteiger partial charge in [-0.15, -0.1) is 0 Å². The molecule has 2 heterocycles. The number of carbonyl (C=O) groups excluding carboxylic acids is 2. The van der Waals surface area contributed by atoms with Gasteiger partial charge in [0.05, 0.1) is 17.3 Å². The van der Waals surface area contributed by atoms with E-state index in [1.54, 1.807) is 43.7 Å². The summed E-state index contributed by atoms with van der Waals surface area (Å²) in [5.41, 5.74) is 3.35. The molecule has 1 aliphatic rings. The molecule has 2 aromatic carbocycles. The summed E-state index contributed by atoms with van der Waals surface area (Å²) in [5.74, 6) is -0.461. The highest BCUT2D eigenvalue weighted by Gasteiger charge is 2.37. The molecule has 0 N–H and O–H groups in total. The lowest BCUT2D eigenvalue weighted by Gasteiger charge is -2.30. The number of rotatable bonds is 6. The highest BCUT2D eigenvalue weighted by atomic mass is 35.5. The number of halogens is 1. The molecular weight excluding hydrogens is 476 g/mol. The van der Waals surface area contributed by atoms with E-state index in [0.717, 1.165) is 16.2 Å². The largest absolute Gasteiger partial charge is 0.492 e. The number of aromatic nitrogens is 2. The summed E-state index contributed by atoms with van der Waals surface area (Å²) in [5, 5.41) is 14.9. The van der Waals surface area contributed by atoms with Gasteiger partial charge < -0.3 is 4.74 Å². The van der Waals surface area contributed by atoms with Crippen molar-refractivity contribution in [3.8, 4) is 28.8 Å². The summed E-state index contributed by atoms with van der Waals surface area (Å²) in [6.07, 6.45) is 3.49. The summed E-state index contributed by atoms with van der Waals surface area (Å²) >= 11 is 6.46. The van der Waals surface area contributed by atoms with E-state index in [1.165, 1.54) is 0 Å². The van der Waals surface area contributed by atoms with Crippen LogP contribution in [0.1, 0.15) is 33.3 Å². The molecule has 0 atom stereocenters. The Morgan fingerprint density at radius 3 is 2.47 bits per heavy atom. The van der Waals surface area contributed by atoms with Gasteiger partial charge in [0.15, 0.2) is 0 Å². The van der Waals surface area contributed by atoms with E-state index in [1.807, 2.05) is 55.6 Å². The molecule has 0 radical (unpaired) electrons. The molecular formula is C28H25ClN4O3. The Labute approximate surface area is 214 Å². The fraction of sp³-hybridized carbons (Fsp3) is 0.214. The Morgan fingerprint density at radius 2 is 1.86 bits per heavy atom. The molecule has 182 valence electrons. The Kier molecular flexibility index (Phi) is 7.09. The number of para-hydroxylation sites is 1. The Morgan fingerprint density at radius 1 is 1.14 bits per heavy atom. The number of hydrogen-bond acceptors (Lipinski definition) is 5. The summed E-state index contributed by atoms with van der Waals surface area (Å²) in [6, 6.07) is 16.5. The third kappa shape index (κ3) is 4.56. The molecule has 0 fully saturated rings. The third-order valence-electron chi connectivity index (χ3n) is 5.86. The Hall–Kier alpha value is -4.15. The van der Waals surface area contributed by atoms with Crippen LogP contribution in [0.5, 0.6) is 5.75 Å². The first-order chi connectivity index (χ1) is 17.3. The van der Waals surface area contributed by atoms with Crippen LogP contribution in [0.15, 0.2) is 71.4 Å². The summed E-state index contributed by atoms with van der Waals surface area (Å²) in [6.45, 7) is 7.47. The fourth-order valence-electron chi connectivity index (χ4n) is 4.08. The highest BCUT2D eigenvalue weighted by molar-refractivity contribution is 6.32. The first kappa shape index (κ1) is 25.0. The van der Waals surface area contributed by atoms with Gasteiger partial charge in [0.1, 0.15) is 23.1 Å². The number of nitriles is 1. The van der Waals surface area contributed by atoms with Gasteiger partial charge in [0.25, 0.3) is 11.8 Å². The van der Waals surface area contributed by atoms with E-state index >= 15 is 0 Å². The van der Waals surface area contributed by atoms with Gasteiger partial charge in [-0.3, -0.25) is 14.5 Å². The van der Waals surface area contributed by atoms with E-state index in [4.69, 9.17) is 21.4 Å². The van der Waals surface area contributed by atoms with Gasteiger partial charge in [-0.05, 0) is 69.7 Å². The topological polar surface area (TPSA) is 88.2 Å². The molecule has 0 saturated heterocycles. The second-order valence-corrected chi connectivity index (χ2v) is 8.94. The van der Waals surface area contributed by atoms with Crippen LogP contribution in [0.25, 0.3) is 23.0 Å². The minimum Gasteiger partial charge on any atom is -0.492 e. The van der Waals surface area contributed by atoms with E-state index in [-0.39, 0.29) is 11.1 Å². The van der Waals surface area contributed by atoms with Crippen LogP contribution < -0.4 is 4.74 Å². The zero-order valence-electron chi connectivity index (χ0n) is 20.4. The van der Waals surface area contributed by atoms with Crippen molar-refractivity contribution in [1.82, 2.24) is 14.7 Å². The van der Waals surface area contributed by atoms with Crippen molar-refractivity contribution < 1.29 is 14.3 Å². The number of hydrogen-bond donors (Lipinski definition) is 0. The molecule has 3 aromatic rings. The molecule has 0 spiro atoms. The molecule has 2 amide bonds. The number of ether oxygens (including phenoxy) is 1. The van der Waals surface area contributed by atoms with Crippen molar-refractivity contribution in [2.75, 3.05) is 6.61 Å². The first-order valence-electron chi connectivity index (χ1n) is 11.6. The average molecular weight is 501 g/mol. The predicted molar refractivity (Wildman–Crippen MR) is 138 cm³/mol. The quantitative estimate of drug-likeness (QED) is 0.325. The van der Waals surface area contributed by atoms with E-state index in [0.29, 0.717) is 34.2 Å². The minimum atomic E-state index is -0.578. The lowest BCUT2D eigenvalue weighted by Crippen LogP contribution is -2.46. The Bertz CT molecular complexity index is 1450. The van der Waals surface area contributed by atoms with Crippen molar-refractivity contribution in [3.05, 3.63) is 82.0 Å².